The molecule has 11 heteroatoms. The molecule has 0 bridgehead atoms. The van der Waals surface area contributed by atoms with Gasteiger partial charge in [0.2, 0.25) is 0 Å². The van der Waals surface area contributed by atoms with Gasteiger partial charge < -0.3 is 30.7 Å². The lowest BCUT2D eigenvalue weighted by atomic mass is 10.2. The number of urea groups is 1. The summed E-state index contributed by atoms with van der Waals surface area (Å²) < 4.78 is 26.6. The zero-order valence-electron chi connectivity index (χ0n) is 16.0. The fourth-order valence-corrected chi connectivity index (χ4v) is 2.94. The molecule has 0 unspecified atom stereocenters. The SMILES string of the molecule is C#CCNC(=O)Nc1cnn2c(NC)cc(Nc3cc(F)cc4c3OCCO4)nc12. The molecule has 2 aromatic heterocycles. The van der Waals surface area contributed by atoms with Crippen LogP contribution in [0.25, 0.3) is 5.65 Å². The number of aromatic nitrogens is 3. The van der Waals surface area contributed by atoms with Gasteiger partial charge in [-0.1, -0.05) is 5.92 Å². The number of ether oxygens (including phenoxy) is 2. The van der Waals surface area contributed by atoms with Crippen LogP contribution in [0, 0.1) is 18.2 Å². The fraction of sp³-hybridized carbons (Fsp3) is 0.211. The van der Waals surface area contributed by atoms with Crippen molar-refractivity contribution in [2.75, 3.05) is 42.8 Å². The highest BCUT2D eigenvalue weighted by atomic mass is 19.1. The lowest BCUT2D eigenvalue weighted by Crippen LogP contribution is -2.28. The highest BCUT2D eigenvalue weighted by Gasteiger charge is 2.20. The molecule has 3 heterocycles. The Balaban J connectivity index is 1.70. The van der Waals surface area contributed by atoms with Crippen molar-refractivity contribution >= 4 is 34.7 Å². The summed E-state index contributed by atoms with van der Waals surface area (Å²) in [6.07, 6.45) is 6.61. The zero-order valence-corrected chi connectivity index (χ0v) is 16.0. The van der Waals surface area contributed by atoms with E-state index in [2.05, 4.69) is 37.3 Å². The third-order valence-corrected chi connectivity index (χ3v) is 4.20. The number of benzene rings is 1. The molecule has 2 amide bonds. The maximum absolute atomic E-state index is 14.0. The van der Waals surface area contributed by atoms with Crippen LogP contribution in [0.1, 0.15) is 0 Å². The van der Waals surface area contributed by atoms with Gasteiger partial charge in [-0.2, -0.15) is 9.61 Å². The van der Waals surface area contributed by atoms with Gasteiger partial charge >= 0.3 is 6.03 Å². The standard InChI is InChI=1S/C19H18FN7O3/c1-3-4-22-19(28)25-13-10-23-27-16(21-2)9-15(26-18(13)27)24-12-7-11(20)8-14-17(12)30-6-5-29-14/h1,7-10,21H,4-6H2,2H3,(H,24,26)(H2,22,25,28). The minimum absolute atomic E-state index is 0.0831. The summed E-state index contributed by atoms with van der Waals surface area (Å²) in [4.78, 5) is 16.5. The van der Waals surface area contributed by atoms with Crippen LogP contribution in [0.4, 0.5) is 32.2 Å². The minimum Gasteiger partial charge on any atom is -0.486 e. The second-order valence-corrected chi connectivity index (χ2v) is 6.18. The van der Waals surface area contributed by atoms with Crippen molar-refractivity contribution in [2.45, 2.75) is 0 Å². The van der Waals surface area contributed by atoms with Crippen LogP contribution in [-0.4, -0.2) is 47.4 Å². The zero-order chi connectivity index (χ0) is 21.1. The van der Waals surface area contributed by atoms with Crippen LogP contribution in [-0.2, 0) is 0 Å². The van der Waals surface area contributed by atoms with Gasteiger partial charge in [0.05, 0.1) is 18.4 Å². The largest absolute Gasteiger partial charge is 0.486 e. The lowest BCUT2D eigenvalue weighted by Gasteiger charge is -2.21. The Kier molecular flexibility index (Phi) is 5.13. The maximum atomic E-state index is 14.0. The summed E-state index contributed by atoms with van der Waals surface area (Å²) in [5, 5.41) is 15.4. The first-order valence-corrected chi connectivity index (χ1v) is 9.00. The molecule has 0 radical (unpaired) electrons. The van der Waals surface area contributed by atoms with Crippen LogP contribution in [0.3, 0.4) is 0 Å². The summed E-state index contributed by atoms with van der Waals surface area (Å²) in [6, 6.07) is 3.76. The molecular weight excluding hydrogens is 393 g/mol. The van der Waals surface area contributed by atoms with Gasteiger partial charge in [0, 0.05) is 25.2 Å². The number of carbonyl (C=O) groups is 1. The van der Waals surface area contributed by atoms with E-state index in [4.69, 9.17) is 15.9 Å². The van der Waals surface area contributed by atoms with Gasteiger partial charge in [0.15, 0.2) is 17.1 Å². The first-order chi connectivity index (χ1) is 14.6. The number of nitrogens with zero attached hydrogens (tertiary/aromatic N) is 3. The van der Waals surface area contributed by atoms with Gasteiger partial charge in [-0.05, 0) is 0 Å². The van der Waals surface area contributed by atoms with E-state index in [0.29, 0.717) is 53.4 Å². The number of nitrogens with one attached hydrogen (secondary N) is 4. The van der Waals surface area contributed by atoms with Crippen LogP contribution in [0.2, 0.25) is 0 Å². The number of amides is 2. The monoisotopic (exact) mass is 411 g/mol. The molecule has 10 nitrogen and oxygen atoms in total. The molecule has 0 saturated heterocycles. The molecule has 1 aromatic carbocycles. The predicted octanol–water partition coefficient (Wildman–Crippen LogP) is 2.18. The van der Waals surface area contributed by atoms with Crippen LogP contribution in [0.5, 0.6) is 11.5 Å². The molecule has 0 saturated carbocycles. The summed E-state index contributed by atoms with van der Waals surface area (Å²) in [5.74, 6) is 3.52. The third kappa shape index (κ3) is 3.70. The van der Waals surface area contributed by atoms with Crippen molar-refractivity contribution < 1.29 is 18.7 Å². The van der Waals surface area contributed by atoms with Crippen molar-refractivity contribution in [3.8, 4) is 23.8 Å². The predicted molar refractivity (Wildman–Crippen MR) is 109 cm³/mol. The first kappa shape index (κ1) is 19.1. The number of carbonyl (C=O) groups excluding carboxylic acids is 1. The second kappa shape index (κ2) is 8.04. The van der Waals surface area contributed by atoms with Crippen molar-refractivity contribution in [3.63, 3.8) is 0 Å². The normalized spacial score (nSPS) is 12.2. The molecule has 4 N–H and O–H groups in total. The number of terminal acetylenes is 1. The van der Waals surface area contributed by atoms with Crippen LogP contribution in [0.15, 0.2) is 24.4 Å². The van der Waals surface area contributed by atoms with Gasteiger partial charge in [0.25, 0.3) is 0 Å². The number of hydrogen-bond acceptors (Lipinski definition) is 7. The third-order valence-electron chi connectivity index (χ3n) is 4.20. The Hall–Kier alpha value is -4.20. The molecule has 1 aliphatic rings. The highest BCUT2D eigenvalue weighted by Crippen LogP contribution is 2.40. The summed E-state index contributed by atoms with van der Waals surface area (Å²) in [6.45, 7) is 0.779. The number of halogens is 1. The summed E-state index contributed by atoms with van der Waals surface area (Å²) in [5.41, 5.74) is 1.09. The van der Waals surface area contributed by atoms with E-state index in [1.165, 1.54) is 22.8 Å². The topological polar surface area (TPSA) is 114 Å². The molecule has 0 atom stereocenters. The molecule has 0 fully saturated rings. The smallest absolute Gasteiger partial charge is 0.320 e. The summed E-state index contributed by atoms with van der Waals surface area (Å²) >= 11 is 0. The molecule has 0 spiro atoms. The Bertz CT molecular complexity index is 1160. The van der Waals surface area contributed by atoms with Crippen molar-refractivity contribution in [1.29, 1.82) is 0 Å². The molecule has 1 aliphatic heterocycles. The van der Waals surface area contributed by atoms with E-state index >= 15 is 0 Å². The fourth-order valence-electron chi connectivity index (χ4n) is 2.94. The summed E-state index contributed by atoms with van der Waals surface area (Å²) in [7, 11) is 1.72. The van der Waals surface area contributed by atoms with Crippen molar-refractivity contribution in [2.24, 2.45) is 0 Å². The Labute approximate surface area is 170 Å². The molecule has 3 aromatic rings. The quantitative estimate of drug-likeness (QED) is 0.476. The van der Waals surface area contributed by atoms with E-state index in [1.807, 2.05) is 0 Å². The highest BCUT2D eigenvalue weighted by molar-refractivity contribution is 5.93. The van der Waals surface area contributed by atoms with Gasteiger partial charge in [0.1, 0.15) is 36.4 Å². The van der Waals surface area contributed by atoms with E-state index in [-0.39, 0.29) is 6.54 Å². The van der Waals surface area contributed by atoms with Crippen molar-refractivity contribution in [3.05, 3.63) is 30.2 Å². The molecular formula is C19H18FN7O3. The average molecular weight is 411 g/mol. The number of hydrogen-bond donors (Lipinski definition) is 4. The maximum Gasteiger partial charge on any atom is 0.320 e. The van der Waals surface area contributed by atoms with Crippen LogP contribution < -0.4 is 30.7 Å². The lowest BCUT2D eigenvalue weighted by molar-refractivity contribution is 0.172. The van der Waals surface area contributed by atoms with Gasteiger partial charge in [-0.25, -0.2) is 14.2 Å². The minimum atomic E-state index is -0.487. The number of anilines is 4. The molecule has 4 rings (SSSR count). The van der Waals surface area contributed by atoms with E-state index < -0.39 is 11.8 Å². The number of fused-ring (bicyclic) bond motifs is 2. The molecule has 30 heavy (non-hydrogen) atoms. The average Bonchev–Trinajstić information content (AvgIpc) is 3.14. The van der Waals surface area contributed by atoms with Crippen molar-refractivity contribution in [1.82, 2.24) is 19.9 Å². The Morgan fingerprint density at radius 1 is 1.30 bits per heavy atom. The Morgan fingerprint density at radius 3 is 2.93 bits per heavy atom. The molecule has 0 aliphatic carbocycles. The van der Waals surface area contributed by atoms with E-state index in [9.17, 15) is 9.18 Å². The first-order valence-electron chi connectivity index (χ1n) is 9.00. The van der Waals surface area contributed by atoms with Gasteiger partial charge in [-0.3, -0.25) is 0 Å². The molecule has 154 valence electrons. The van der Waals surface area contributed by atoms with Gasteiger partial charge in [-0.15, -0.1) is 6.42 Å². The van der Waals surface area contributed by atoms with E-state index in [0.717, 1.165) is 0 Å². The number of rotatable bonds is 5. The van der Waals surface area contributed by atoms with E-state index in [1.54, 1.807) is 13.1 Å². The second-order valence-electron chi connectivity index (χ2n) is 6.18. The Morgan fingerprint density at radius 2 is 2.13 bits per heavy atom. The van der Waals surface area contributed by atoms with Crippen LogP contribution >= 0.6 is 0 Å².